The lowest BCUT2D eigenvalue weighted by molar-refractivity contribution is -0.200. The number of cyclic esters (lactones) is 1. The SMILES string of the molecule is CC(=O)O[C@H]1CC[C@@]2(C)[C@H](CC[C@@H]3[C@@H]2CC[C@]2(C)C(C4=CC(=O)OC4)=CC[C@]32O)C1. The molecule has 3 saturated carbocycles. The van der Waals surface area contributed by atoms with Gasteiger partial charge in [0.05, 0.1) is 5.60 Å². The van der Waals surface area contributed by atoms with Crippen LogP contribution in [0.1, 0.15) is 72.1 Å². The summed E-state index contributed by atoms with van der Waals surface area (Å²) in [7, 11) is 0. The predicted octanol–water partition coefficient (Wildman–Crippen LogP) is 4.10. The first-order valence-electron chi connectivity index (χ1n) is 11.7. The van der Waals surface area contributed by atoms with Crippen molar-refractivity contribution in [3.63, 3.8) is 0 Å². The minimum absolute atomic E-state index is 0.0562. The second-order valence-electron chi connectivity index (χ2n) is 10.9. The van der Waals surface area contributed by atoms with Gasteiger partial charge in [0.15, 0.2) is 0 Å². The molecule has 4 aliphatic carbocycles. The van der Waals surface area contributed by atoms with Crippen LogP contribution in [-0.4, -0.2) is 35.4 Å². The second kappa shape index (κ2) is 6.69. The van der Waals surface area contributed by atoms with Crippen molar-refractivity contribution in [2.24, 2.45) is 28.6 Å². The summed E-state index contributed by atoms with van der Waals surface area (Å²) in [6.45, 7) is 6.48. The zero-order valence-corrected chi connectivity index (χ0v) is 18.4. The van der Waals surface area contributed by atoms with Crippen LogP contribution in [0.2, 0.25) is 0 Å². The maximum Gasteiger partial charge on any atom is 0.331 e. The number of rotatable bonds is 2. The third-order valence-corrected chi connectivity index (χ3v) is 9.72. The zero-order chi connectivity index (χ0) is 21.3. The van der Waals surface area contributed by atoms with Crippen LogP contribution in [0.25, 0.3) is 0 Å². The smallest absolute Gasteiger partial charge is 0.331 e. The fraction of sp³-hybridized carbons (Fsp3) is 0.760. The summed E-state index contributed by atoms with van der Waals surface area (Å²) in [5.41, 5.74) is 1.23. The van der Waals surface area contributed by atoms with E-state index in [4.69, 9.17) is 9.47 Å². The number of esters is 2. The van der Waals surface area contributed by atoms with Crippen molar-refractivity contribution in [3.05, 3.63) is 23.3 Å². The molecule has 30 heavy (non-hydrogen) atoms. The van der Waals surface area contributed by atoms with Gasteiger partial charge < -0.3 is 14.6 Å². The summed E-state index contributed by atoms with van der Waals surface area (Å²) in [5, 5.41) is 12.2. The highest BCUT2D eigenvalue weighted by Gasteiger charge is 2.65. The Labute approximate surface area is 178 Å². The van der Waals surface area contributed by atoms with E-state index >= 15 is 0 Å². The van der Waals surface area contributed by atoms with Gasteiger partial charge in [-0.25, -0.2) is 4.79 Å². The Balaban J connectivity index is 1.40. The summed E-state index contributed by atoms with van der Waals surface area (Å²) in [6.07, 6.45) is 11.6. The van der Waals surface area contributed by atoms with Crippen LogP contribution in [0.5, 0.6) is 0 Å². The van der Waals surface area contributed by atoms with Crippen LogP contribution < -0.4 is 0 Å². The van der Waals surface area contributed by atoms with Crippen LogP contribution in [-0.2, 0) is 19.1 Å². The fourth-order valence-corrected chi connectivity index (χ4v) is 8.11. The Morgan fingerprint density at radius 3 is 2.67 bits per heavy atom. The van der Waals surface area contributed by atoms with Crippen molar-refractivity contribution in [1.82, 2.24) is 0 Å². The van der Waals surface area contributed by atoms with Crippen LogP contribution >= 0.6 is 0 Å². The molecule has 0 aromatic carbocycles. The number of ether oxygens (including phenoxy) is 2. The van der Waals surface area contributed by atoms with Crippen LogP contribution in [0.3, 0.4) is 0 Å². The van der Waals surface area contributed by atoms with E-state index in [1.165, 1.54) is 6.92 Å². The molecule has 1 N–H and O–H groups in total. The molecule has 0 amide bonds. The molecule has 0 saturated heterocycles. The normalized spacial score (nSPS) is 47.4. The first-order chi connectivity index (χ1) is 14.2. The van der Waals surface area contributed by atoms with E-state index in [0.717, 1.165) is 56.1 Å². The highest BCUT2D eigenvalue weighted by Crippen LogP contribution is 2.68. The maximum atomic E-state index is 12.2. The fourth-order valence-electron chi connectivity index (χ4n) is 8.11. The van der Waals surface area contributed by atoms with Crippen molar-refractivity contribution in [1.29, 1.82) is 0 Å². The summed E-state index contributed by atoms with van der Waals surface area (Å²) in [4.78, 5) is 23.1. The minimum atomic E-state index is -0.752. The Morgan fingerprint density at radius 2 is 1.97 bits per heavy atom. The molecule has 1 aliphatic heterocycles. The molecule has 5 rings (SSSR count). The average Bonchev–Trinajstić information content (AvgIpc) is 3.22. The molecular formula is C25H34O5. The van der Waals surface area contributed by atoms with E-state index < -0.39 is 5.60 Å². The molecule has 0 bridgehead atoms. The van der Waals surface area contributed by atoms with Gasteiger partial charge >= 0.3 is 11.9 Å². The lowest BCUT2D eigenvalue weighted by atomic mass is 9.43. The van der Waals surface area contributed by atoms with Gasteiger partial charge in [-0.3, -0.25) is 4.79 Å². The van der Waals surface area contributed by atoms with Gasteiger partial charge in [0.1, 0.15) is 12.7 Å². The van der Waals surface area contributed by atoms with E-state index in [-0.39, 0.29) is 34.8 Å². The van der Waals surface area contributed by atoms with E-state index in [1.54, 1.807) is 6.08 Å². The summed E-state index contributed by atoms with van der Waals surface area (Å²) in [5.74, 6) is 0.887. The van der Waals surface area contributed by atoms with E-state index in [9.17, 15) is 14.7 Å². The first kappa shape index (κ1) is 20.3. The highest BCUT2D eigenvalue weighted by atomic mass is 16.5. The number of hydrogen-bond acceptors (Lipinski definition) is 5. The van der Waals surface area contributed by atoms with Gasteiger partial charge in [0.25, 0.3) is 0 Å². The molecule has 3 fully saturated rings. The second-order valence-corrected chi connectivity index (χ2v) is 10.9. The first-order valence-corrected chi connectivity index (χ1v) is 11.7. The molecule has 1 heterocycles. The molecule has 164 valence electrons. The van der Waals surface area contributed by atoms with Gasteiger partial charge in [-0.1, -0.05) is 19.9 Å². The lowest BCUT2D eigenvalue weighted by Crippen LogP contribution is -2.62. The quantitative estimate of drug-likeness (QED) is 0.689. The molecule has 0 aromatic rings. The Bertz CT molecular complexity index is 842. The minimum Gasteiger partial charge on any atom is -0.463 e. The van der Waals surface area contributed by atoms with Crippen molar-refractivity contribution in [3.8, 4) is 0 Å². The largest absolute Gasteiger partial charge is 0.463 e. The summed E-state index contributed by atoms with van der Waals surface area (Å²) in [6, 6.07) is 0. The van der Waals surface area contributed by atoms with Crippen LogP contribution in [0.4, 0.5) is 0 Å². The monoisotopic (exact) mass is 414 g/mol. The zero-order valence-electron chi connectivity index (χ0n) is 18.4. The lowest BCUT2D eigenvalue weighted by Gasteiger charge is -2.63. The van der Waals surface area contributed by atoms with Crippen LogP contribution in [0.15, 0.2) is 23.3 Å². The van der Waals surface area contributed by atoms with Crippen molar-refractivity contribution >= 4 is 11.9 Å². The Morgan fingerprint density at radius 1 is 1.17 bits per heavy atom. The van der Waals surface area contributed by atoms with E-state index in [0.29, 0.717) is 24.9 Å². The topological polar surface area (TPSA) is 72.8 Å². The molecule has 5 aliphatic rings. The van der Waals surface area contributed by atoms with Gasteiger partial charge in [-0.05, 0) is 80.1 Å². The average molecular weight is 415 g/mol. The molecule has 5 nitrogen and oxygen atoms in total. The summed E-state index contributed by atoms with van der Waals surface area (Å²) < 4.78 is 10.7. The molecule has 0 unspecified atom stereocenters. The number of carbonyl (C=O) groups excluding carboxylic acids is 2. The molecule has 5 heteroatoms. The van der Waals surface area contributed by atoms with Crippen LogP contribution in [0, 0.1) is 28.6 Å². The number of aliphatic hydroxyl groups is 1. The van der Waals surface area contributed by atoms with Crippen molar-refractivity contribution < 1.29 is 24.2 Å². The number of carbonyl (C=O) groups is 2. The molecule has 0 radical (unpaired) electrons. The van der Waals surface area contributed by atoms with Gasteiger partial charge in [-0.2, -0.15) is 0 Å². The number of hydrogen-bond donors (Lipinski definition) is 1. The molecule has 0 aromatic heterocycles. The Kier molecular flexibility index (Phi) is 4.52. The third-order valence-electron chi connectivity index (χ3n) is 9.72. The number of fused-ring (bicyclic) bond motifs is 5. The van der Waals surface area contributed by atoms with Gasteiger partial charge in [0, 0.05) is 24.0 Å². The molecule has 7 atom stereocenters. The maximum absolute atomic E-state index is 12.2. The molecular weight excluding hydrogens is 380 g/mol. The highest BCUT2D eigenvalue weighted by molar-refractivity contribution is 5.86. The van der Waals surface area contributed by atoms with Gasteiger partial charge in [-0.15, -0.1) is 0 Å². The summed E-state index contributed by atoms with van der Waals surface area (Å²) >= 11 is 0. The molecule has 0 spiro atoms. The van der Waals surface area contributed by atoms with E-state index in [1.807, 2.05) is 0 Å². The van der Waals surface area contributed by atoms with Crippen molar-refractivity contribution in [2.75, 3.05) is 6.61 Å². The van der Waals surface area contributed by atoms with E-state index in [2.05, 4.69) is 19.9 Å². The third kappa shape index (κ3) is 2.70. The van der Waals surface area contributed by atoms with Crippen molar-refractivity contribution in [2.45, 2.75) is 83.8 Å². The Hall–Kier alpha value is -1.62. The van der Waals surface area contributed by atoms with Gasteiger partial charge in [0.2, 0.25) is 0 Å². The predicted molar refractivity (Wildman–Crippen MR) is 111 cm³/mol. The standard InChI is InChI=1S/C25H34O5/c1-15(26)30-18-6-9-23(2)17(13-18)4-5-21-20(23)7-10-24(3)19(8-11-25(21,24)28)16-12-22(27)29-14-16/h8,12,17-18,20-21,28H,4-7,9-11,13-14H2,1-3H3/t17-,18+,20+,21-,23+,24-,25+/m1/s1.